The SMILES string of the molecule is Cn1nccc1CCNCc1cccc(C2CC2)c1. The van der Waals surface area contributed by atoms with Gasteiger partial charge in [0, 0.05) is 38.4 Å². The summed E-state index contributed by atoms with van der Waals surface area (Å²) in [4.78, 5) is 0. The summed E-state index contributed by atoms with van der Waals surface area (Å²) >= 11 is 0. The van der Waals surface area contributed by atoms with Crippen molar-refractivity contribution in [3.63, 3.8) is 0 Å². The summed E-state index contributed by atoms with van der Waals surface area (Å²) in [6.07, 6.45) is 5.63. The van der Waals surface area contributed by atoms with E-state index in [0.29, 0.717) is 0 Å². The number of nitrogens with zero attached hydrogens (tertiary/aromatic N) is 2. The van der Waals surface area contributed by atoms with Crippen LogP contribution in [-0.4, -0.2) is 16.3 Å². The van der Waals surface area contributed by atoms with E-state index in [0.717, 1.165) is 25.4 Å². The van der Waals surface area contributed by atoms with Crippen molar-refractivity contribution < 1.29 is 0 Å². The van der Waals surface area contributed by atoms with Gasteiger partial charge in [0.05, 0.1) is 0 Å². The molecule has 0 spiro atoms. The van der Waals surface area contributed by atoms with Gasteiger partial charge < -0.3 is 5.32 Å². The molecular weight excluding hydrogens is 234 g/mol. The summed E-state index contributed by atoms with van der Waals surface area (Å²) in [6, 6.07) is 11.1. The van der Waals surface area contributed by atoms with E-state index in [9.17, 15) is 0 Å². The highest BCUT2D eigenvalue weighted by Crippen LogP contribution is 2.40. The molecule has 0 saturated heterocycles. The molecule has 1 aliphatic rings. The Hall–Kier alpha value is -1.61. The molecule has 19 heavy (non-hydrogen) atoms. The fraction of sp³-hybridized carbons (Fsp3) is 0.438. The van der Waals surface area contributed by atoms with Gasteiger partial charge in [0.1, 0.15) is 0 Å². The highest BCUT2D eigenvalue weighted by atomic mass is 15.3. The van der Waals surface area contributed by atoms with Gasteiger partial charge in [-0.3, -0.25) is 4.68 Å². The number of aromatic nitrogens is 2. The molecule has 3 heteroatoms. The Balaban J connectivity index is 1.47. The standard InChI is InChI=1S/C16H21N3/c1-19-16(8-10-18-19)7-9-17-12-13-3-2-4-15(11-13)14-5-6-14/h2-4,8,10-11,14,17H,5-7,9,12H2,1H3. The van der Waals surface area contributed by atoms with E-state index >= 15 is 0 Å². The molecule has 0 radical (unpaired) electrons. The molecule has 1 aromatic heterocycles. The fourth-order valence-corrected chi connectivity index (χ4v) is 2.47. The van der Waals surface area contributed by atoms with Crippen molar-refractivity contribution in [2.75, 3.05) is 6.54 Å². The number of benzene rings is 1. The first-order valence-corrected chi connectivity index (χ1v) is 7.09. The third-order valence-electron chi connectivity index (χ3n) is 3.81. The van der Waals surface area contributed by atoms with Crippen LogP contribution in [0.1, 0.15) is 35.6 Å². The number of hydrogen-bond donors (Lipinski definition) is 1. The van der Waals surface area contributed by atoms with Crippen molar-refractivity contribution in [2.45, 2.75) is 31.7 Å². The predicted molar refractivity (Wildman–Crippen MR) is 77.0 cm³/mol. The molecule has 3 nitrogen and oxygen atoms in total. The van der Waals surface area contributed by atoms with Gasteiger partial charge in [0.15, 0.2) is 0 Å². The number of rotatable bonds is 6. The van der Waals surface area contributed by atoms with Crippen LogP contribution in [-0.2, 0) is 20.0 Å². The summed E-state index contributed by atoms with van der Waals surface area (Å²) in [5.41, 5.74) is 4.19. The number of hydrogen-bond acceptors (Lipinski definition) is 2. The van der Waals surface area contributed by atoms with E-state index in [1.807, 2.05) is 17.9 Å². The molecule has 0 unspecified atom stereocenters. The Morgan fingerprint density at radius 3 is 2.95 bits per heavy atom. The van der Waals surface area contributed by atoms with Gasteiger partial charge in [-0.15, -0.1) is 0 Å². The molecule has 1 saturated carbocycles. The average molecular weight is 255 g/mol. The van der Waals surface area contributed by atoms with Crippen LogP contribution in [0.3, 0.4) is 0 Å². The van der Waals surface area contributed by atoms with Gasteiger partial charge in [-0.05, 0) is 36.0 Å². The highest BCUT2D eigenvalue weighted by Gasteiger charge is 2.23. The molecule has 1 heterocycles. The van der Waals surface area contributed by atoms with Gasteiger partial charge >= 0.3 is 0 Å². The minimum Gasteiger partial charge on any atom is -0.312 e. The Kier molecular flexibility index (Phi) is 3.65. The molecule has 0 amide bonds. The molecule has 0 aliphatic heterocycles. The van der Waals surface area contributed by atoms with Crippen LogP contribution in [0, 0.1) is 0 Å². The lowest BCUT2D eigenvalue weighted by atomic mass is 10.1. The molecule has 0 atom stereocenters. The first-order valence-electron chi connectivity index (χ1n) is 7.09. The normalized spacial score (nSPS) is 14.8. The zero-order valence-corrected chi connectivity index (χ0v) is 11.5. The minimum atomic E-state index is 0.842. The fourth-order valence-electron chi connectivity index (χ4n) is 2.47. The molecule has 0 bridgehead atoms. The molecule has 2 aromatic rings. The van der Waals surface area contributed by atoms with Crippen molar-refractivity contribution in [2.24, 2.45) is 7.05 Å². The summed E-state index contributed by atoms with van der Waals surface area (Å²) in [6.45, 7) is 1.95. The molecule has 1 N–H and O–H groups in total. The van der Waals surface area contributed by atoms with Crippen LogP contribution in [0.15, 0.2) is 36.5 Å². The van der Waals surface area contributed by atoms with Crippen LogP contribution in [0.25, 0.3) is 0 Å². The first-order chi connectivity index (χ1) is 9.33. The summed E-state index contributed by atoms with van der Waals surface area (Å²) in [5, 5.41) is 7.69. The van der Waals surface area contributed by atoms with Crippen molar-refractivity contribution in [3.05, 3.63) is 53.3 Å². The zero-order valence-electron chi connectivity index (χ0n) is 11.5. The topological polar surface area (TPSA) is 29.9 Å². The van der Waals surface area contributed by atoms with Crippen molar-refractivity contribution in [1.29, 1.82) is 0 Å². The smallest absolute Gasteiger partial charge is 0.0492 e. The second kappa shape index (κ2) is 5.57. The maximum atomic E-state index is 4.18. The Bertz CT molecular complexity index is 540. The maximum Gasteiger partial charge on any atom is 0.0492 e. The number of aryl methyl sites for hydroxylation is 1. The zero-order chi connectivity index (χ0) is 13.1. The quantitative estimate of drug-likeness (QED) is 0.804. The lowest BCUT2D eigenvalue weighted by Crippen LogP contribution is -2.18. The van der Waals surface area contributed by atoms with Gasteiger partial charge in [0.2, 0.25) is 0 Å². The van der Waals surface area contributed by atoms with Crippen molar-refractivity contribution in [1.82, 2.24) is 15.1 Å². The van der Waals surface area contributed by atoms with E-state index in [4.69, 9.17) is 0 Å². The predicted octanol–water partition coefficient (Wildman–Crippen LogP) is 2.63. The lowest BCUT2D eigenvalue weighted by Gasteiger charge is -2.07. The van der Waals surface area contributed by atoms with Gasteiger partial charge in [-0.1, -0.05) is 24.3 Å². The Morgan fingerprint density at radius 2 is 2.21 bits per heavy atom. The summed E-state index contributed by atoms with van der Waals surface area (Å²) in [7, 11) is 1.99. The molecule has 1 aliphatic carbocycles. The van der Waals surface area contributed by atoms with Crippen molar-refractivity contribution >= 4 is 0 Å². The van der Waals surface area contributed by atoms with Crippen molar-refractivity contribution in [3.8, 4) is 0 Å². The minimum absolute atomic E-state index is 0.842. The van der Waals surface area contributed by atoms with Crippen LogP contribution in [0.5, 0.6) is 0 Å². The van der Waals surface area contributed by atoms with Crippen LogP contribution >= 0.6 is 0 Å². The summed E-state index contributed by atoms with van der Waals surface area (Å²) in [5.74, 6) is 0.842. The van der Waals surface area contributed by atoms with Crippen LogP contribution in [0.4, 0.5) is 0 Å². The lowest BCUT2D eigenvalue weighted by molar-refractivity contribution is 0.643. The Morgan fingerprint density at radius 1 is 1.32 bits per heavy atom. The molecule has 1 fully saturated rings. The average Bonchev–Trinajstić information content (AvgIpc) is 3.20. The monoisotopic (exact) mass is 255 g/mol. The van der Waals surface area contributed by atoms with E-state index in [2.05, 4.69) is 40.7 Å². The third kappa shape index (κ3) is 3.24. The van der Waals surface area contributed by atoms with Crippen LogP contribution < -0.4 is 5.32 Å². The second-order valence-electron chi connectivity index (χ2n) is 5.39. The largest absolute Gasteiger partial charge is 0.312 e. The van der Waals surface area contributed by atoms with Crippen LogP contribution in [0.2, 0.25) is 0 Å². The van der Waals surface area contributed by atoms with E-state index in [1.165, 1.54) is 29.7 Å². The molecule has 3 rings (SSSR count). The molecule has 100 valence electrons. The second-order valence-corrected chi connectivity index (χ2v) is 5.39. The van der Waals surface area contributed by atoms with Gasteiger partial charge in [-0.25, -0.2) is 0 Å². The van der Waals surface area contributed by atoms with E-state index < -0.39 is 0 Å². The molecular formula is C16H21N3. The van der Waals surface area contributed by atoms with Gasteiger partial charge in [0.25, 0.3) is 0 Å². The highest BCUT2D eigenvalue weighted by molar-refractivity contribution is 5.29. The number of nitrogens with one attached hydrogen (secondary N) is 1. The Labute approximate surface area is 114 Å². The summed E-state index contributed by atoms with van der Waals surface area (Å²) < 4.78 is 1.94. The molecule has 1 aromatic carbocycles. The first kappa shape index (κ1) is 12.4. The van der Waals surface area contributed by atoms with E-state index in [-0.39, 0.29) is 0 Å². The maximum absolute atomic E-state index is 4.18. The van der Waals surface area contributed by atoms with Gasteiger partial charge in [-0.2, -0.15) is 5.10 Å². The third-order valence-corrected chi connectivity index (χ3v) is 3.81. The van der Waals surface area contributed by atoms with E-state index in [1.54, 1.807) is 0 Å².